The van der Waals surface area contributed by atoms with Crippen molar-refractivity contribution in [1.82, 2.24) is 0 Å². The van der Waals surface area contributed by atoms with Crippen molar-refractivity contribution in [2.45, 2.75) is 25.7 Å². The summed E-state index contributed by atoms with van der Waals surface area (Å²) in [6, 6.07) is 11.1. The second kappa shape index (κ2) is 14.1. The molecule has 268 valence electrons. The van der Waals surface area contributed by atoms with Crippen LogP contribution in [0.3, 0.4) is 0 Å². The SMILES string of the molecule is O=C(Nc1cccc(C(=O)N=C2CC3=CC=C(S(=O)(=O)O)CC3C=C2O)c1)Nc1cccc(C(=O)N=C2CC3=CC=C(S(=O)(=O)O)CC3C=C2O)c1. The van der Waals surface area contributed by atoms with Crippen LogP contribution in [0.4, 0.5) is 16.2 Å². The highest BCUT2D eigenvalue weighted by Crippen LogP contribution is 2.37. The number of amides is 4. The highest BCUT2D eigenvalue weighted by atomic mass is 32.2. The Morgan fingerprint density at radius 3 is 1.42 bits per heavy atom. The van der Waals surface area contributed by atoms with E-state index in [2.05, 4.69) is 20.6 Å². The molecule has 2 aromatic carbocycles. The lowest BCUT2D eigenvalue weighted by molar-refractivity contribution is 0.0994. The van der Waals surface area contributed by atoms with Gasteiger partial charge in [0.15, 0.2) is 0 Å². The molecular formula is C35H30N4O11S2. The summed E-state index contributed by atoms with van der Waals surface area (Å²) in [5.74, 6) is -2.95. The van der Waals surface area contributed by atoms with E-state index in [1.807, 2.05) is 0 Å². The zero-order valence-corrected chi connectivity index (χ0v) is 28.6. The average Bonchev–Trinajstić information content (AvgIpc) is 3.07. The van der Waals surface area contributed by atoms with Crippen LogP contribution < -0.4 is 10.6 Å². The molecule has 0 saturated carbocycles. The number of anilines is 2. The lowest BCUT2D eigenvalue weighted by atomic mass is 9.83. The second-order valence-corrected chi connectivity index (χ2v) is 15.2. The van der Waals surface area contributed by atoms with Gasteiger partial charge in [0.05, 0.1) is 21.2 Å². The van der Waals surface area contributed by atoms with Crippen LogP contribution in [-0.2, 0) is 20.2 Å². The predicted octanol–water partition coefficient (Wildman–Crippen LogP) is 5.62. The maximum atomic E-state index is 13.0. The molecule has 4 aliphatic carbocycles. The van der Waals surface area contributed by atoms with E-state index in [1.54, 1.807) is 0 Å². The molecule has 0 bridgehead atoms. The standard InChI is InChI=1S/C35H30N4O11S2/c40-31-17-23-13-27(51(45,46)47)9-7-19(23)15-29(31)38-33(42)21-3-1-5-25(11-21)36-35(44)37-26-6-2-4-22(12-26)34(43)39-30-16-20-8-10-28(52(48,49)50)14-24(20)18-32(30)41/h1-12,17-18,23-24,40-41H,13-16H2,(H2,36,37,44)(H,45,46,47)(H,48,49,50). The predicted molar refractivity (Wildman–Crippen MR) is 191 cm³/mol. The van der Waals surface area contributed by atoms with E-state index in [9.17, 15) is 50.5 Å². The number of fused-ring (bicyclic) bond motifs is 2. The molecule has 6 N–H and O–H groups in total. The first kappa shape index (κ1) is 36.1. The van der Waals surface area contributed by atoms with Crippen LogP contribution in [0.5, 0.6) is 0 Å². The van der Waals surface area contributed by atoms with Crippen molar-refractivity contribution in [3.05, 3.63) is 129 Å². The van der Waals surface area contributed by atoms with Crippen molar-refractivity contribution in [1.29, 1.82) is 0 Å². The van der Waals surface area contributed by atoms with Gasteiger partial charge in [-0.3, -0.25) is 18.7 Å². The maximum absolute atomic E-state index is 13.0. The fraction of sp³-hybridized carbons (Fsp3) is 0.171. The van der Waals surface area contributed by atoms with E-state index < -0.39 is 49.9 Å². The zero-order chi connectivity index (χ0) is 37.4. The summed E-state index contributed by atoms with van der Waals surface area (Å²) in [6.07, 6.45) is 8.41. The first-order valence-corrected chi connectivity index (χ1v) is 18.5. The van der Waals surface area contributed by atoms with Gasteiger partial charge in [-0.05, 0) is 73.5 Å². The Morgan fingerprint density at radius 2 is 1.04 bits per heavy atom. The summed E-state index contributed by atoms with van der Waals surface area (Å²) in [5, 5.41) is 26.2. The molecule has 2 atom stereocenters. The normalized spacial score (nSPS) is 21.7. The van der Waals surface area contributed by atoms with Gasteiger partial charge in [0.1, 0.15) is 11.5 Å². The number of allylic oxidation sites excluding steroid dienone is 12. The van der Waals surface area contributed by atoms with Crippen molar-refractivity contribution in [2.75, 3.05) is 10.6 Å². The largest absolute Gasteiger partial charge is 0.506 e. The first-order chi connectivity index (χ1) is 24.5. The number of carbonyl (C=O) groups is 3. The fourth-order valence-corrected chi connectivity index (χ4v) is 7.30. The first-order valence-electron chi connectivity index (χ1n) is 15.6. The van der Waals surface area contributed by atoms with Crippen LogP contribution in [0.25, 0.3) is 0 Å². The third kappa shape index (κ3) is 8.24. The number of aliphatic hydroxyl groups is 2. The van der Waals surface area contributed by atoms with Gasteiger partial charge in [0, 0.05) is 47.2 Å². The van der Waals surface area contributed by atoms with E-state index in [-0.39, 0.29) is 80.9 Å². The molecule has 52 heavy (non-hydrogen) atoms. The minimum absolute atomic E-state index is 0.0349. The Labute approximate surface area is 297 Å². The van der Waals surface area contributed by atoms with Gasteiger partial charge in [-0.15, -0.1) is 0 Å². The molecule has 0 fully saturated rings. The van der Waals surface area contributed by atoms with Crippen LogP contribution in [-0.4, -0.2) is 65.4 Å². The molecule has 15 nitrogen and oxygen atoms in total. The van der Waals surface area contributed by atoms with Gasteiger partial charge < -0.3 is 20.8 Å². The minimum atomic E-state index is -4.37. The molecule has 0 spiro atoms. The van der Waals surface area contributed by atoms with Gasteiger partial charge in [-0.2, -0.15) is 16.8 Å². The maximum Gasteiger partial charge on any atom is 0.323 e. The minimum Gasteiger partial charge on any atom is -0.506 e. The van der Waals surface area contributed by atoms with Gasteiger partial charge >= 0.3 is 6.03 Å². The zero-order valence-electron chi connectivity index (χ0n) is 26.9. The molecule has 0 radical (unpaired) electrons. The summed E-state index contributed by atoms with van der Waals surface area (Å²) in [7, 11) is -8.75. The smallest absolute Gasteiger partial charge is 0.323 e. The molecule has 2 unspecified atom stereocenters. The summed E-state index contributed by atoms with van der Waals surface area (Å²) >= 11 is 0. The third-order valence-electron chi connectivity index (χ3n) is 8.68. The molecule has 4 aliphatic rings. The third-order valence-corrected chi connectivity index (χ3v) is 10.6. The van der Waals surface area contributed by atoms with Gasteiger partial charge in [-0.25, -0.2) is 14.8 Å². The molecule has 0 saturated heterocycles. The van der Waals surface area contributed by atoms with Crippen molar-refractivity contribution >= 4 is 60.9 Å². The number of carbonyl (C=O) groups excluding carboxylic acids is 3. The quantitative estimate of drug-likeness (QED) is 0.198. The Morgan fingerprint density at radius 1 is 0.635 bits per heavy atom. The Kier molecular flexibility index (Phi) is 9.78. The number of hydrogen-bond donors (Lipinski definition) is 6. The monoisotopic (exact) mass is 746 g/mol. The molecule has 4 amide bonds. The number of urea groups is 1. The number of nitrogens with zero attached hydrogens (tertiary/aromatic N) is 2. The van der Waals surface area contributed by atoms with Crippen molar-refractivity contribution in [2.24, 2.45) is 21.8 Å². The van der Waals surface area contributed by atoms with E-state index in [0.717, 1.165) is 0 Å². The Hall–Kier alpha value is -5.75. The van der Waals surface area contributed by atoms with E-state index in [4.69, 9.17) is 0 Å². The average molecular weight is 747 g/mol. The van der Waals surface area contributed by atoms with Crippen LogP contribution >= 0.6 is 0 Å². The summed E-state index contributed by atoms with van der Waals surface area (Å²) in [5.41, 5.74) is 2.23. The van der Waals surface area contributed by atoms with Crippen LogP contribution in [0, 0.1) is 11.8 Å². The highest BCUT2D eigenvalue weighted by molar-refractivity contribution is 7.90. The van der Waals surface area contributed by atoms with E-state index in [1.165, 1.54) is 85.0 Å². The van der Waals surface area contributed by atoms with Crippen LogP contribution in [0.2, 0.25) is 0 Å². The molecule has 17 heteroatoms. The topological polar surface area (TPSA) is 249 Å². The van der Waals surface area contributed by atoms with Crippen molar-refractivity contribution < 1.29 is 50.5 Å². The lowest BCUT2D eigenvalue weighted by Gasteiger charge is -2.26. The number of nitrogens with one attached hydrogen (secondary N) is 2. The van der Waals surface area contributed by atoms with E-state index in [0.29, 0.717) is 11.1 Å². The van der Waals surface area contributed by atoms with Gasteiger partial charge in [0.25, 0.3) is 32.1 Å². The van der Waals surface area contributed by atoms with Gasteiger partial charge in [-0.1, -0.05) is 35.4 Å². The summed E-state index contributed by atoms with van der Waals surface area (Å²) < 4.78 is 64.6. The lowest BCUT2D eigenvalue weighted by Crippen LogP contribution is -2.22. The number of aliphatic imine (C=N–C) groups is 2. The summed E-state index contributed by atoms with van der Waals surface area (Å²) in [4.78, 5) is 46.6. The van der Waals surface area contributed by atoms with E-state index >= 15 is 0 Å². The van der Waals surface area contributed by atoms with Crippen molar-refractivity contribution in [3.8, 4) is 0 Å². The molecule has 0 heterocycles. The Bertz CT molecular complexity index is 2230. The highest BCUT2D eigenvalue weighted by Gasteiger charge is 2.31. The molecular weight excluding hydrogens is 717 g/mol. The molecule has 2 aromatic rings. The van der Waals surface area contributed by atoms with Crippen LogP contribution in [0.1, 0.15) is 46.4 Å². The second-order valence-electron chi connectivity index (χ2n) is 12.2. The molecule has 6 rings (SSSR count). The number of benzene rings is 2. The Balaban J connectivity index is 1.09. The number of aliphatic hydroxyl groups excluding tert-OH is 2. The fourth-order valence-electron chi connectivity index (χ4n) is 6.04. The van der Waals surface area contributed by atoms with Gasteiger partial charge in [0.2, 0.25) is 0 Å². The number of rotatable bonds is 6. The van der Waals surface area contributed by atoms with Crippen molar-refractivity contribution in [3.63, 3.8) is 0 Å². The van der Waals surface area contributed by atoms with Crippen LogP contribution in [0.15, 0.2) is 127 Å². The number of hydrogen-bond acceptors (Lipinski definition) is 9. The summed E-state index contributed by atoms with van der Waals surface area (Å²) in [6.45, 7) is 0. The molecule has 0 aromatic heterocycles. The molecule has 0 aliphatic heterocycles.